The first kappa shape index (κ1) is 11.1. The standard InChI is InChI=1S/C12H20N2S/c13-10-12(3-1-4-12)5-6-14-8-11-2-7-15-9-11/h2,7,9,14H,1,3-6,8,10,13H2. The van der Waals surface area contributed by atoms with Crippen LogP contribution in [0.1, 0.15) is 31.2 Å². The smallest absolute Gasteiger partial charge is 0.0213 e. The number of rotatable bonds is 6. The fourth-order valence-corrected chi connectivity index (χ4v) is 2.88. The fraction of sp³-hybridized carbons (Fsp3) is 0.667. The van der Waals surface area contributed by atoms with Gasteiger partial charge in [-0.2, -0.15) is 11.3 Å². The van der Waals surface area contributed by atoms with E-state index in [1.165, 1.54) is 31.2 Å². The third-order valence-electron chi connectivity index (χ3n) is 3.59. The van der Waals surface area contributed by atoms with Crippen molar-refractivity contribution >= 4 is 11.3 Å². The summed E-state index contributed by atoms with van der Waals surface area (Å²) in [5.74, 6) is 0. The molecule has 0 saturated heterocycles. The van der Waals surface area contributed by atoms with Crippen LogP contribution >= 0.6 is 11.3 Å². The molecule has 0 bridgehead atoms. The molecule has 0 aliphatic heterocycles. The van der Waals surface area contributed by atoms with Gasteiger partial charge in [0.15, 0.2) is 0 Å². The summed E-state index contributed by atoms with van der Waals surface area (Å²) in [7, 11) is 0. The summed E-state index contributed by atoms with van der Waals surface area (Å²) in [4.78, 5) is 0. The van der Waals surface area contributed by atoms with Crippen molar-refractivity contribution in [2.75, 3.05) is 13.1 Å². The Labute approximate surface area is 95.9 Å². The lowest BCUT2D eigenvalue weighted by Gasteiger charge is -2.41. The molecule has 0 amide bonds. The average Bonchev–Trinajstić information content (AvgIpc) is 2.68. The quantitative estimate of drug-likeness (QED) is 0.728. The molecule has 1 fully saturated rings. The molecule has 3 heteroatoms. The lowest BCUT2D eigenvalue weighted by Crippen LogP contribution is -2.39. The summed E-state index contributed by atoms with van der Waals surface area (Å²) in [6, 6.07) is 2.18. The first-order valence-electron chi connectivity index (χ1n) is 5.77. The van der Waals surface area contributed by atoms with Crippen LogP contribution in [0.4, 0.5) is 0 Å². The zero-order chi connectivity index (χ0) is 10.6. The Morgan fingerprint density at radius 1 is 1.47 bits per heavy atom. The van der Waals surface area contributed by atoms with Gasteiger partial charge in [-0.05, 0) is 60.2 Å². The van der Waals surface area contributed by atoms with E-state index in [1.807, 2.05) is 0 Å². The number of thiophene rings is 1. The molecule has 84 valence electrons. The topological polar surface area (TPSA) is 38.0 Å². The SMILES string of the molecule is NCC1(CCNCc2ccsc2)CCC1. The van der Waals surface area contributed by atoms with E-state index in [-0.39, 0.29) is 0 Å². The summed E-state index contributed by atoms with van der Waals surface area (Å²) in [6.07, 6.45) is 5.29. The van der Waals surface area contributed by atoms with E-state index in [0.29, 0.717) is 5.41 Å². The van der Waals surface area contributed by atoms with E-state index >= 15 is 0 Å². The Balaban J connectivity index is 1.62. The Morgan fingerprint density at radius 3 is 2.87 bits per heavy atom. The van der Waals surface area contributed by atoms with Gasteiger partial charge >= 0.3 is 0 Å². The van der Waals surface area contributed by atoms with E-state index in [9.17, 15) is 0 Å². The summed E-state index contributed by atoms with van der Waals surface area (Å²) in [5.41, 5.74) is 7.71. The monoisotopic (exact) mass is 224 g/mol. The summed E-state index contributed by atoms with van der Waals surface area (Å²) in [6.45, 7) is 2.98. The maximum absolute atomic E-state index is 5.82. The lowest BCUT2D eigenvalue weighted by atomic mass is 9.67. The molecule has 0 radical (unpaired) electrons. The van der Waals surface area contributed by atoms with Crippen LogP contribution in [0.3, 0.4) is 0 Å². The van der Waals surface area contributed by atoms with Crippen molar-refractivity contribution in [1.29, 1.82) is 0 Å². The van der Waals surface area contributed by atoms with Crippen LogP contribution < -0.4 is 11.1 Å². The van der Waals surface area contributed by atoms with Crippen molar-refractivity contribution in [1.82, 2.24) is 5.32 Å². The molecule has 1 aromatic heterocycles. The summed E-state index contributed by atoms with van der Waals surface area (Å²) < 4.78 is 0. The van der Waals surface area contributed by atoms with Crippen molar-refractivity contribution < 1.29 is 0 Å². The van der Waals surface area contributed by atoms with Gasteiger partial charge in [0.1, 0.15) is 0 Å². The highest BCUT2D eigenvalue weighted by molar-refractivity contribution is 7.07. The Morgan fingerprint density at radius 2 is 2.33 bits per heavy atom. The van der Waals surface area contributed by atoms with Crippen LogP contribution in [-0.2, 0) is 6.54 Å². The molecule has 1 aliphatic carbocycles. The Kier molecular flexibility index (Phi) is 3.78. The van der Waals surface area contributed by atoms with E-state index in [2.05, 4.69) is 22.1 Å². The molecule has 2 rings (SSSR count). The third kappa shape index (κ3) is 2.80. The molecule has 0 spiro atoms. The van der Waals surface area contributed by atoms with Gasteiger partial charge in [0.2, 0.25) is 0 Å². The van der Waals surface area contributed by atoms with Crippen molar-refractivity contribution in [3.8, 4) is 0 Å². The van der Waals surface area contributed by atoms with E-state index in [0.717, 1.165) is 19.6 Å². The van der Waals surface area contributed by atoms with Gasteiger partial charge in [0.05, 0.1) is 0 Å². The van der Waals surface area contributed by atoms with Gasteiger partial charge < -0.3 is 11.1 Å². The molecule has 15 heavy (non-hydrogen) atoms. The van der Waals surface area contributed by atoms with Gasteiger partial charge in [0.25, 0.3) is 0 Å². The molecule has 0 unspecified atom stereocenters. The minimum absolute atomic E-state index is 0.488. The normalized spacial score (nSPS) is 18.7. The first-order chi connectivity index (χ1) is 7.35. The van der Waals surface area contributed by atoms with Gasteiger partial charge in [-0.1, -0.05) is 6.42 Å². The molecule has 1 saturated carbocycles. The Hall–Kier alpha value is -0.380. The first-order valence-corrected chi connectivity index (χ1v) is 6.71. The van der Waals surface area contributed by atoms with Crippen LogP contribution in [0.15, 0.2) is 16.8 Å². The number of hydrogen-bond donors (Lipinski definition) is 2. The van der Waals surface area contributed by atoms with Crippen LogP contribution in [0.5, 0.6) is 0 Å². The predicted octanol–water partition coefficient (Wildman–Crippen LogP) is 2.36. The second-order valence-corrected chi connectivity index (χ2v) is 5.40. The number of nitrogens with one attached hydrogen (secondary N) is 1. The van der Waals surface area contributed by atoms with E-state index in [4.69, 9.17) is 5.73 Å². The molecule has 0 aromatic carbocycles. The van der Waals surface area contributed by atoms with Gasteiger partial charge in [0, 0.05) is 6.54 Å². The number of nitrogens with two attached hydrogens (primary N) is 1. The van der Waals surface area contributed by atoms with Crippen molar-refractivity contribution in [3.63, 3.8) is 0 Å². The second kappa shape index (κ2) is 5.10. The van der Waals surface area contributed by atoms with Crippen LogP contribution in [-0.4, -0.2) is 13.1 Å². The van der Waals surface area contributed by atoms with Crippen molar-refractivity contribution in [2.45, 2.75) is 32.2 Å². The third-order valence-corrected chi connectivity index (χ3v) is 4.32. The molecule has 0 atom stereocenters. The predicted molar refractivity (Wildman–Crippen MR) is 66.0 cm³/mol. The molecular formula is C12H20N2S. The maximum atomic E-state index is 5.82. The van der Waals surface area contributed by atoms with Gasteiger partial charge in [-0.3, -0.25) is 0 Å². The Bertz CT molecular complexity index is 272. The highest BCUT2D eigenvalue weighted by atomic mass is 32.1. The molecule has 1 heterocycles. The van der Waals surface area contributed by atoms with Crippen LogP contribution in [0.2, 0.25) is 0 Å². The zero-order valence-electron chi connectivity index (χ0n) is 9.17. The minimum atomic E-state index is 0.488. The van der Waals surface area contributed by atoms with Crippen molar-refractivity contribution in [2.24, 2.45) is 11.1 Å². The summed E-state index contributed by atoms with van der Waals surface area (Å²) >= 11 is 1.76. The number of hydrogen-bond acceptors (Lipinski definition) is 3. The fourth-order valence-electron chi connectivity index (χ4n) is 2.21. The zero-order valence-corrected chi connectivity index (χ0v) is 9.98. The molecule has 1 aromatic rings. The molecule has 1 aliphatic rings. The lowest BCUT2D eigenvalue weighted by molar-refractivity contribution is 0.130. The van der Waals surface area contributed by atoms with E-state index in [1.54, 1.807) is 11.3 Å². The highest BCUT2D eigenvalue weighted by Gasteiger charge is 2.34. The van der Waals surface area contributed by atoms with Gasteiger partial charge in [-0.15, -0.1) is 0 Å². The van der Waals surface area contributed by atoms with Gasteiger partial charge in [-0.25, -0.2) is 0 Å². The molecule has 3 N–H and O–H groups in total. The highest BCUT2D eigenvalue weighted by Crippen LogP contribution is 2.42. The van der Waals surface area contributed by atoms with Crippen LogP contribution in [0, 0.1) is 5.41 Å². The minimum Gasteiger partial charge on any atom is -0.330 e. The largest absolute Gasteiger partial charge is 0.330 e. The second-order valence-electron chi connectivity index (χ2n) is 4.62. The van der Waals surface area contributed by atoms with E-state index < -0.39 is 0 Å². The van der Waals surface area contributed by atoms with Crippen molar-refractivity contribution in [3.05, 3.63) is 22.4 Å². The molecular weight excluding hydrogens is 204 g/mol. The summed E-state index contributed by atoms with van der Waals surface area (Å²) in [5, 5.41) is 7.83. The average molecular weight is 224 g/mol. The maximum Gasteiger partial charge on any atom is 0.0213 e. The molecule has 2 nitrogen and oxygen atoms in total. The van der Waals surface area contributed by atoms with Crippen LogP contribution in [0.25, 0.3) is 0 Å².